The Morgan fingerprint density at radius 2 is 2.21 bits per heavy atom. The van der Waals surface area contributed by atoms with Gasteiger partial charge in [0, 0.05) is 16.7 Å². The molecule has 0 aromatic heterocycles. The second kappa shape index (κ2) is 6.34. The highest BCUT2D eigenvalue weighted by molar-refractivity contribution is 7.99. The SMILES string of the molecule is NC(=O)C(CCSc1cc(F)ccc1F)NC1CC1. The van der Waals surface area contributed by atoms with E-state index in [0.717, 1.165) is 31.0 Å². The minimum absolute atomic E-state index is 0.259. The summed E-state index contributed by atoms with van der Waals surface area (Å²) in [6.07, 6.45) is 2.64. The van der Waals surface area contributed by atoms with Crippen LogP contribution in [0.1, 0.15) is 19.3 Å². The molecule has 1 saturated carbocycles. The number of halogens is 2. The van der Waals surface area contributed by atoms with Gasteiger partial charge in [-0.1, -0.05) is 0 Å². The molecule has 0 heterocycles. The molecule has 0 saturated heterocycles. The molecule has 1 amide bonds. The topological polar surface area (TPSA) is 55.1 Å². The highest BCUT2D eigenvalue weighted by Crippen LogP contribution is 2.25. The summed E-state index contributed by atoms with van der Waals surface area (Å²) in [4.78, 5) is 11.5. The molecule has 6 heteroatoms. The Bertz CT molecular complexity index is 466. The quantitative estimate of drug-likeness (QED) is 0.754. The van der Waals surface area contributed by atoms with Crippen molar-refractivity contribution in [1.29, 1.82) is 0 Å². The molecule has 2 rings (SSSR count). The first-order chi connectivity index (χ1) is 9.06. The Morgan fingerprint density at radius 1 is 1.47 bits per heavy atom. The van der Waals surface area contributed by atoms with Crippen LogP contribution in [0.25, 0.3) is 0 Å². The highest BCUT2D eigenvalue weighted by atomic mass is 32.2. The Labute approximate surface area is 114 Å². The van der Waals surface area contributed by atoms with Gasteiger partial charge in [-0.2, -0.15) is 0 Å². The second-order valence-electron chi connectivity index (χ2n) is 4.61. The van der Waals surface area contributed by atoms with E-state index >= 15 is 0 Å². The smallest absolute Gasteiger partial charge is 0.234 e. The molecule has 1 aliphatic carbocycles. The number of hydrogen-bond acceptors (Lipinski definition) is 3. The number of rotatable bonds is 7. The first kappa shape index (κ1) is 14.3. The summed E-state index contributed by atoms with van der Waals surface area (Å²) in [7, 11) is 0. The predicted molar refractivity (Wildman–Crippen MR) is 70.8 cm³/mol. The van der Waals surface area contributed by atoms with Crippen LogP contribution in [0, 0.1) is 11.6 Å². The summed E-state index contributed by atoms with van der Waals surface area (Å²) in [6.45, 7) is 0. The van der Waals surface area contributed by atoms with E-state index in [2.05, 4.69) is 5.32 Å². The Hall–Kier alpha value is -1.14. The van der Waals surface area contributed by atoms with Gasteiger partial charge in [-0.15, -0.1) is 11.8 Å². The van der Waals surface area contributed by atoms with Crippen LogP contribution in [0.15, 0.2) is 23.1 Å². The maximum atomic E-state index is 13.4. The van der Waals surface area contributed by atoms with E-state index in [4.69, 9.17) is 5.73 Å². The molecular weight excluding hydrogens is 270 g/mol. The van der Waals surface area contributed by atoms with Crippen molar-refractivity contribution in [2.75, 3.05) is 5.75 Å². The molecule has 1 unspecified atom stereocenters. The van der Waals surface area contributed by atoms with Gasteiger partial charge in [0.2, 0.25) is 5.91 Å². The van der Waals surface area contributed by atoms with Crippen LogP contribution in [0.2, 0.25) is 0 Å². The van der Waals surface area contributed by atoms with E-state index in [-0.39, 0.29) is 4.90 Å². The van der Waals surface area contributed by atoms with Crippen molar-refractivity contribution >= 4 is 17.7 Å². The van der Waals surface area contributed by atoms with E-state index in [1.807, 2.05) is 0 Å². The molecule has 3 nitrogen and oxygen atoms in total. The van der Waals surface area contributed by atoms with Crippen LogP contribution in [-0.2, 0) is 4.79 Å². The third-order valence-corrected chi connectivity index (χ3v) is 3.98. The van der Waals surface area contributed by atoms with E-state index in [0.29, 0.717) is 18.2 Å². The molecule has 1 aromatic carbocycles. The lowest BCUT2D eigenvalue weighted by molar-refractivity contribution is -0.120. The molecule has 1 aliphatic rings. The largest absolute Gasteiger partial charge is 0.368 e. The van der Waals surface area contributed by atoms with Crippen LogP contribution in [-0.4, -0.2) is 23.7 Å². The molecule has 1 aromatic rings. The van der Waals surface area contributed by atoms with Crippen molar-refractivity contribution < 1.29 is 13.6 Å². The lowest BCUT2D eigenvalue weighted by Gasteiger charge is -2.14. The molecule has 1 fully saturated rings. The van der Waals surface area contributed by atoms with Gasteiger partial charge in [-0.3, -0.25) is 4.79 Å². The average Bonchev–Trinajstić information content (AvgIpc) is 3.16. The number of amides is 1. The Morgan fingerprint density at radius 3 is 2.84 bits per heavy atom. The maximum absolute atomic E-state index is 13.4. The fraction of sp³-hybridized carbons (Fsp3) is 0.462. The zero-order chi connectivity index (χ0) is 13.8. The van der Waals surface area contributed by atoms with Crippen LogP contribution in [0.5, 0.6) is 0 Å². The van der Waals surface area contributed by atoms with Crippen LogP contribution in [0.3, 0.4) is 0 Å². The van der Waals surface area contributed by atoms with E-state index in [1.165, 1.54) is 11.8 Å². The number of thioether (sulfide) groups is 1. The summed E-state index contributed by atoms with van der Waals surface area (Å²) in [6, 6.07) is 3.34. The molecule has 0 radical (unpaired) electrons. The monoisotopic (exact) mass is 286 g/mol. The molecule has 104 valence electrons. The van der Waals surface area contributed by atoms with Gasteiger partial charge in [0.05, 0.1) is 6.04 Å². The number of carbonyl (C=O) groups excluding carboxylic acids is 1. The third kappa shape index (κ3) is 4.47. The highest BCUT2D eigenvalue weighted by Gasteiger charge is 2.26. The number of nitrogens with two attached hydrogens (primary N) is 1. The molecule has 19 heavy (non-hydrogen) atoms. The van der Waals surface area contributed by atoms with Gasteiger partial charge in [-0.25, -0.2) is 8.78 Å². The molecule has 0 spiro atoms. The molecular formula is C13H16F2N2OS. The number of hydrogen-bond donors (Lipinski definition) is 2. The summed E-state index contributed by atoms with van der Waals surface area (Å²) < 4.78 is 26.4. The van der Waals surface area contributed by atoms with Crippen molar-refractivity contribution in [3.05, 3.63) is 29.8 Å². The van der Waals surface area contributed by atoms with Crippen molar-refractivity contribution in [2.24, 2.45) is 5.73 Å². The van der Waals surface area contributed by atoms with Crippen molar-refractivity contribution in [3.63, 3.8) is 0 Å². The zero-order valence-electron chi connectivity index (χ0n) is 10.4. The maximum Gasteiger partial charge on any atom is 0.234 e. The van der Waals surface area contributed by atoms with Crippen LogP contribution >= 0.6 is 11.8 Å². The molecule has 0 bridgehead atoms. The lowest BCUT2D eigenvalue weighted by atomic mass is 10.2. The number of carbonyl (C=O) groups is 1. The first-order valence-corrected chi connectivity index (χ1v) is 7.18. The van der Waals surface area contributed by atoms with E-state index in [9.17, 15) is 13.6 Å². The van der Waals surface area contributed by atoms with Crippen LogP contribution in [0.4, 0.5) is 8.78 Å². The summed E-state index contributed by atoms with van der Waals surface area (Å²) in [5, 5.41) is 3.15. The summed E-state index contributed by atoms with van der Waals surface area (Å²) in [5.74, 6) is -0.802. The fourth-order valence-electron chi connectivity index (χ4n) is 1.72. The van der Waals surface area contributed by atoms with Gasteiger partial charge in [0.25, 0.3) is 0 Å². The minimum atomic E-state index is -0.466. The zero-order valence-corrected chi connectivity index (χ0v) is 11.2. The standard InChI is InChI=1S/C13H16F2N2OS/c14-8-1-4-10(15)12(7-8)19-6-5-11(13(16)18)17-9-2-3-9/h1,4,7,9,11,17H,2-3,5-6H2,(H2,16,18). The minimum Gasteiger partial charge on any atom is -0.368 e. The van der Waals surface area contributed by atoms with Gasteiger partial charge in [0.1, 0.15) is 11.6 Å². The first-order valence-electron chi connectivity index (χ1n) is 6.19. The van der Waals surface area contributed by atoms with Gasteiger partial charge >= 0.3 is 0 Å². The number of nitrogens with one attached hydrogen (secondary N) is 1. The second-order valence-corrected chi connectivity index (χ2v) is 5.74. The molecule has 3 N–H and O–H groups in total. The Kier molecular flexibility index (Phi) is 4.76. The molecule has 0 aliphatic heterocycles. The van der Waals surface area contributed by atoms with Crippen molar-refractivity contribution in [2.45, 2.75) is 36.2 Å². The number of benzene rings is 1. The predicted octanol–water partition coefficient (Wildman–Crippen LogP) is 2.05. The molecule has 1 atom stereocenters. The fourth-order valence-corrected chi connectivity index (χ4v) is 2.69. The third-order valence-electron chi connectivity index (χ3n) is 2.92. The van der Waals surface area contributed by atoms with Gasteiger partial charge in [0.15, 0.2) is 0 Å². The number of primary amides is 1. The average molecular weight is 286 g/mol. The Balaban J connectivity index is 1.83. The summed E-state index contributed by atoms with van der Waals surface area (Å²) >= 11 is 1.19. The summed E-state index contributed by atoms with van der Waals surface area (Å²) in [5.41, 5.74) is 5.30. The normalized spacial score (nSPS) is 16.3. The van der Waals surface area contributed by atoms with Crippen molar-refractivity contribution in [3.8, 4) is 0 Å². The van der Waals surface area contributed by atoms with E-state index < -0.39 is 23.6 Å². The van der Waals surface area contributed by atoms with Gasteiger partial charge < -0.3 is 11.1 Å². The van der Waals surface area contributed by atoms with E-state index in [1.54, 1.807) is 0 Å². The van der Waals surface area contributed by atoms with Crippen LogP contribution < -0.4 is 11.1 Å². The van der Waals surface area contributed by atoms with Gasteiger partial charge in [-0.05, 0) is 37.5 Å². The van der Waals surface area contributed by atoms with Crippen molar-refractivity contribution in [1.82, 2.24) is 5.32 Å². The lowest BCUT2D eigenvalue weighted by Crippen LogP contribution is -2.42.